The molecule has 0 spiro atoms. The van der Waals surface area contributed by atoms with E-state index in [-0.39, 0.29) is 0 Å². The van der Waals surface area contributed by atoms with Gasteiger partial charge in [-0.05, 0) is 86.0 Å². The predicted molar refractivity (Wildman–Crippen MR) is 114 cm³/mol. The lowest BCUT2D eigenvalue weighted by atomic mass is 10.2. The van der Waals surface area contributed by atoms with E-state index in [1.807, 2.05) is 67.6 Å². The quantitative estimate of drug-likeness (QED) is 0.431. The number of hydrogen-bond donors (Lipinski definition) is 0. The van der Waals surface area contributed by atoms with E-state index in [0.717, 1.165) is 35.8 Å². The van der Waals surface area contributed by atoms with E-state index in [0.29, 0.717) is 0 Å². The summed E-state index contributed by atoms with van der Waals surface area (Å²) in [5.74, 6) is 0. The van der Waals surface area contributed by atoms with Crippen molar-refractivity contribution in [2.24, 2.45) is 20.5 Å². The molecule has 0 bridgehead atoms. The van der Waals surface area contributed by atoms with Crippen molar-refractivity contribution in [1.29, 1.82) is 0 Å². The van der Waals surface area contributed by atoms with E-state index >= 15 is 0 Å². The predicted octanol–water partition coefficient (Wildman–Crippen LogP) is 7.43. The van der Waals surface area contributed by atoms with Crippen molar-refractivity contribution < 1.29 is 0 Å². The molecule has 0 N–H and O–H groups in total. The zero-order valence-electron chi connectivity index (χ0n) is 16.0. The first-order chi connectivity index (χ1) is 13.8. The zero-order valence-corrected chi connectivity index (χ0v) is 16.0. The van der Waals surface area contributed by atoms with Gasteiger partial charge in [-0.2, -0.15) is 20.5 Å². The number of anilines is 1. The molecule has 1 aliphatic heterocycles. The van der Waals surface area contributed by atoms with E-state index in [1.165, 1.54) is 24.1 Å². The molecule has 0 atom stereocenters. The molecule has 0 aromatic heterocycles. The van der Waals surface area contributed by atoms with E-state index in [1.54, 1.807) is 0 Å². The Hall–Kier alpha value is -3.34. The Morgan fingerprint density at radius 3 is 1.64 bits per heavy atom. The standard InChI is InChI=1S/C23H23N5/c1-18-5-4-6-22(17-18)27-26-20-9-7-19(8-10-20)24-25-21-11-13-23(14-12-21)28-15-2-3-16-28/h4-14,17H,2-3,15-16H2,1H3/b25-24+,27-26+. The molecule has 5 heteroatoms. The minimum absolute atomic E-state index is 0.787. The number of hydrogen-bond acceptors (Lipinski definition) is 5. The number of azo groups is 2. The van der Waals surface area contributed by atoms with Gasteiger partial charge < -0.3 is 4.90 Å². The number of nitrogens with zero attached hydrogens (tertiary/aromatic N) is 5. The maximum absolute atomic E-state index is 4.33. The van der Waals surface area contributed by atoms with Crippen molar-refractivity contribution >= 4 is 28.4 Å². The highest BCUT2D eigenvalue weighted by Crippen LogP contribution is 2.26. The summed E-state index contributed by atoms with van der Waals surface area (Å²) in [5, 5.41) is 17.2. The second kappa shape index (κ2) is 8.57. The minimum atomic E-state index is 0.787. The van der Waals surface area contributed by atoms with Crippen molar-refractivity contribution in [3.8, 4) is 0 Å². The summed E-state index contributed by atoms with van der Waals surface area (Å²) in [7, 11) is 0. The molecule has 1 fully saturated rings. The van der Waals surface area contributed by atoms with Crippen LogP contribution in [0.3, 0.4) is 0 Å². The third-order valence-corrected chi connectivity index (χ3v) is 4.73. The van der Waals surface area contributed by atoms with Gasteiger partial charge in [0.1, 0.15) is 0 Å². The van der Waals surface area contributed by atoms with Gasteiger partial charge >= 0.3 is 0 Å². The van der Waals surface area contributed by atoms with Crippen molar-refractivity contribution in [3.63, 3.8) is 0 Å². The normalized spacial score (nSPS) is 14.4. The average molecular weight is 369 g/mol. The monoisotopic (exact) mass is 369 g/mol. The molecule has 1 heterocycles. The SMILES string of the molecule is Cc1cccc(/N=N/c2ccc(/N=N/c3ccc(N4CCCC4)cc3)cc2)c1. The lowest BCUT2D eigenvalue weighted by molar-refractivity contribution is 0.949. The Morgan fingerprint density at radius 2 is 1.11 bits per heavy atom. The van der Waals surface area contributed by atoms with Crippen molar-refractivity contribution in [1.82, 2.24) is 0 Å². The minimum Gasteiger partial charge on any atom is -0.372 e. The molecular formula is C23H23N5. The van der Waals surface area contributed by atoms with Gasteiger partial charge in [-0.25, -0.2) is 0 Å². The molecule has 3 aromatic rings. The molecule has 28 heavy (non-hydrogen) atoms. The van der Waals surface area contributed by atoms with Gasteiger partial charge in [-0.15, -0.1) is 0 Å². The van der Waals surface area contributed by atoms with Gasteiger partial charge in [0.2, 0.25) is 0 Å². The fourth-order valence-corrected chi connectivity index (χ4v) is 3.21. The highest BCUT2D eigenvalue weighted by Gasteiger charge is 2.11. The van der Waals surface area contributed by atoms with Crippen molar-refractivity contribution in [2.45, 2.75) is 19.8 Å². The highest BCUT2D eigenvalue weighted by molar-refractivity contribution is 5.53. The zero-order chi connectivity index (χ0) is 19.2. The van der Waals surface area contributed by atoms with Crippen LogP contribution in [-0.2, 0) is 0 Å². The molecule has 5 nitrogen and oxygen atoms in total. The Bertz CT molecular complexity index is 969. The average Bonchev–Trinajstić information content (AvgIpc) is 3.27. The van der Waals surface area contributed by atoms with Gasteiger partial charge in [0.25, 0.3) is 0 Å². The van der Waals surface area contributed by atoms with Crippen LogP contribution in [-0.4, -0.2) is 13.1 Å². The molecule has 0 amide bonds. The Kier molecular flexibility index (Phi) is 5.52. The van der Waals surface area contributed by atoms with Crippen LogP contribution >= 0.6 is 0 Å². The molecular weight excluding hydrogens is 346 g/mol. The first kappa shape index (κ1) is 18.0. The molecule has 140 valence electrons. The lowest BCUT2D eigenvalue weighted by Crippen LogP contribution is -2.17. The van der Waals surface area contributed by atoms with E-state index in [2.05, 4.69) is 37.5 Å². The van der Waals surface area contributed by atoms with E-state index in [4.69, 9.17) is 0 Å². The Balaban J connectivity index is 1.38. The molecule has 1 aliphatic rings. The van der Waals surface area contributed by atoms with Crippen molar-refractivity contribution in [3.05, 3.63) is 78.4 Å². The molecule has 4 rings (SSSR count). The van der Waals surface area contributed by atoms with Gasteiger partial charge in [0, 0.05) is 18.8 Å². The summed E-state index contributed by atoms with van der Waals surface area (Å²) in [4.78, 5) is 2.41. The third kappa shape index (κ3) is 4.68. The van der Waals surface area contributed by atoms with Crippen LogP contribution in [0.25, 0.3) is 0 Å². The number of aryl methyl sites for hydroxylation is 1. The lowest BCUT2D eigenvalue weighted by Gasteiger charge is -2.17. The first-order valence-electron chi connectivity index (χ1n) is 9.61. The summed E-state index contributed by atoms with van der Waals surface area (Å²) >= 11 is 0. The molecule has 0 radical (unpaired) electrons. The summed E-state index contributed by atoms with van der Waals surface area (Å²) in [6.45, 7) is 4.33. The molecule has 0 saturated carbocycles. The number of benzene rings is 3. The van der Waals surface area contributed by atoms with Gasteiger partial charge in [0.05, 0.1) is 22.7 Å². The smallest absolute Gasteiger partial charge is 0.0859 e. The molecule has 1 saturated heterocycles. The highest BCUT2D eigenvalue weighted by atomic mass is 15.1. The Labute approximate surface area is 165 Å². The van der Waals surface area contributed by atoms with Crippen LogP contribution in [0.1, 0.15) is 18.4 Å². The second-order valence-electron chi connectivity index (χ2n) is 6.97. The fourth-order valence-electron chi connectivity index (χ4n) is 3.21. The van der Waals surface area contributed by atoms with Crippen LogP contribution in [0.4, 0.5) is 28.4 Å². The largest absolute Gasteiger partial charge is 0.372 e. The van der Waals surface area contributed by atoms with Gasteiger partial charge in [-0.3, -0.25) is 0 Å². The maximum atomic E-state index is 4.33. The van der Waals surface area contributed by atoms with E-state index < -0.39 is 0 Å². The molecule has 3 aromatic carbocycles. The topological polar surface area (TPSA) is 52.7 Å². The van der Waals surface area contributed by atoms with Crippen LogP contribution in [0.5, 0.6) is 0 Å². The van der Waals surface area contributed by atoms with Crippen LogP contribution < -0.4 is 4.90 Å². The molecule has 0 unspecified atom stereocenters. The van der Waals surface area contributed by atoms with Crippen LogP contribution in [0, 0.1) is 6.92 Å². The maximum Gasteiger partial charge on any atom is 0.0859 e. The fraction of sp³-hybridized carbons (Fsp3) is 0.217. The van der Waals surface area contributed by atoms with Crippen LogP contribution in [0.2, 0.25) is 0 Å². The van der Waals surface area contributed by atoms with Gasteiger partial charge in [0.15, 0.2) is 0 Å². The van der Waals surface area contributed by atoms with E-state index in [9.17, 15) is 0 Å². The van der Waals surface area contributed by atoms with Crippen LogP contribution in [0.15, 0.2) is 93.3 Å². The summed E-state index contributed by atoms with van der Waals surface area (Å²) in [6, 6.07) is 23.8. The second-order valence-corrected chi connectivity index (χ2v) is 6.97. The molecule has 0 aliphatic carbocycles. The summed E-state index contributed by atoms with van der Waals surface area (Å²) in [5.41, 5.74) is 5.71. The summed E-state index contributed by atoms with van der Waals surface area (Å²) in [6.07, 6.45) is 2.56. The van der Waals surface area contributed by atoms with Gasteiger partial charge in [-0.1, -0.05) is 12.1 Å². The van der Waals surface area contributed by atoms with Crippen molar-refractivity contribution in [2.75, 3.05) is 18.0 Å². The first-order valence-corrected chi connectivity index (χ1v) is 9.61. The summed E-state index contributed by atoms with van der Waals surface area (Å²) < 4.78 is 0. The third-order valence-electron chi connectivity index (χ3n) is 4.73. The number of rotatable bonds is 5. The Morgan fingerprint density at radius 1 is 0.607 bits per heavy atom.